The van der Waals surface area contributed by atoms with Crippen molar-refractivity contribution < 1.29 is 19.8 Å². The Hall–Kier alpha value is -2.66. The smallest absolute Gasteiger partial charge is 0.337 e. The van der Waals surface area contributed by atoms with Crippen LogP contribution in [0.4, 0.5) is 0 Å². The molecule has 0 aromatic heterocycles. The fourth-order valence-corrected chi connectivity index (χ4v) is 2.40. The number of carboxylic acid groups (broad SMARTS) is 1. The molecule has 0 aliphatic heterocycles. The summed E-state index contributed by atoms with van der Waals surface area (Å²) in [5, 5.41) is 21.1. The average Bonchev–Trinajstić information content (AvgIpc) is 2.59. The molecule has 0 fully saturated rings. The van der Waals surface area contributed by atoms with Gasteiger partial charge in [-0.25, -0.2) is 4.79 Å². The van der Waals surface area contributed by atoms with E-state index in [-0.39, 0.29) is 24.8 Å². The fourth-order valence-electron chi connectivity index (χ4n) is 2.40. The van der Waals surface area contributed by atoms with Crippen molar-refractivity contribution in [1.82, 2.24) is 5.32 Å². The molecule has 0 spiro atoms. The van der Waals surface area contributed by atoms with Crippen LogP contribution in [0.25, 0.3) is 0 Å². The third-order valence-electron chi connectivity index (χ3n) is 3.88. The summed E-state index contributed by atoms with van der Waals surface area (Å²) in [7, 11) is 0. The Morgan fingerprint density at radius 1 is 1.00 bits per heavy atom. The van der Waals surface area contributed by atoms with E-state index in [2.05, 4.69) is 5.32 Å². The SMILES string of the molecule is CC(O)(CNC(=O)CC(c1ccccc1)c1ccccc1)C(=O)O. The molecule has 1 amide bonds. The zero-order valence-corrected chi connectivity index (χ0v) is 13.5. The minimum atomic E-state index is -1.98. The van der Waals surface area contributed by atoms with Crippen molar-refractivity contribution in [2.75, 3.05) is 6.54 Å². The summed E-state index contributed by atoms with van der Waals surface area (Å²) in [4.78, 5) is 23.2. The molecule has 5 heteroatoms. The number of nitrogens with one attached hydrogen (secondary N) is 1. The van der Waals surface area contributed by atoms with Crippen LogP contribution >= 0.6 is 0 Å². The fraction of sp³-hybridized carbons (Fsp3) is 0.263. The lowest BCUT2D eigenvalue weighted by Crippen LogP contribution is -2.46. The molecule has 0 bridgehead atoms. The van der Waals surface area contributed by atoms with Crippen molar-refractivity contribution in [1.29, 1.82) is 0 Å². The molecule has 24 heavy (non-hydrogen) atoms. The van der Waals surface area contributed by atoms with Crippen LogP contribution in [0, 0.1) is 0 Å². The second kappa shape index (κ2) is 7.75. The number of hydrogen-bond acceptors (Lipinski definition) is 3. The lowest BCUT2D eigenvalue weighted by atomic mass is 9.88. The molecular weight excluding hydrogens is 306 g/mol. The Bertz CT molecular complexity index is 644. The predicted octanol–water partition coefficient (Wildman–Crippen LogP) is 2.16. The van der Waals surface area contributed by atoms with Gasteiger partial charge >= 0.3 is 5.97 Å². The molecule has 0 aliphatic carbocycles. The van der Waals surface area contributed by atoms with Gasteiger partial charge in [0.15, 0.2) is 5.60 Å². The normalized spacial score (nSPS) is 13.3. The summed E-state index contributed by atoms with van der Waals surface area (Å²) >= 11 is 0. The first-order valence-electron chi connectivity index (χ1n) is 7.72. The highest BCUT2D eigenvalue weighted by molar-refractivity contribution is 5.81. The maximum absolute atomic E-state index is 12.3. The monoisotopic (exact) mass is 327 g/mol. The first-order valence-corrected chi connectivity index (χ1v) is 7.72. The zero-order valence-electron chi connectivity index (χ0n) is 13.5. The number of aliphatic hydroxyl groups is 1. The molecule has 0 radical (unpaired) electrons. The van der Waals surface area contributed by atoms with Crippen molar-refractivity contribution >= 4 is 11.9 Å². The molecule has 0 heterocycles. The van der Waals surface area contributed by atoms with E-state index >= 15 is 0 Å². The van der Waals surface area contributed by atoms with Gasteiger partial charge in [0.1, 0.15) is 0 Å². The summed E-state index contributed by atoms with van der Waals surface area (Å²) in [5.41, 5.74) is 0.0256. The van der Waals surface area contributed by atoms with Crippen LogP contribution in [0.3, 0.4) is 0 Å². The number of carbonyl (C=O) groups excluding carboxylic acids is 1. The number of carbonyl (C=O) groups is 2. The summed E-state index contributed by atoms with van der Waals surface area (Å²) in [6.07, 6.45) is 0.170. The largest absolute Gasteiger partial charge is 0.479 e. The van der Waals surface area contributed by atoms with E-state index in [1.165, 1.54) is 0 Å². The van der Waals surface area contributed by atoms with Gasteiger partial charge < -0.3 is 15.5 Å². The molecule has 0 aliphatic rings. The van der Waals surface area contributed by atoms with Gasteiger partial charge in [0.2, 0.25) is 5.91 Å². The highest BCUT2D eigenvalue weighted by Gasteiger charge is 2.30. The number of hydrogen-bond donors (Lipinski definition) is 3. The zero-order chi connectivity index (χ0) is 17.6. The minimum absolute atomic E-state index is 0.137. The van der Waals surface area contributed by atoms with E-state index in [9.17, 15) is 14.7 Å². The molecule has 126 valence electrons. The summed E-state index contributed by atoms with van der Waals surface area (Å²) in [6.45, 7) is 0.818. The number of aliphatic carboxylic acids is 1. The van der Waals surface area contributed by atoms with Crippen LogP contribution in [-0.4, -0.2) is 34.2 Å². The topological polar surface area (TPSA) is 86.6 Å². The lowest BCUT2D eigenvalue weighted by molar-refractivity contribution is -0.156. The first kappa shape index (κ1) is 17.7. The molecule has 5 nitrogen and oxygen atoms in total. The Morgan fingerprint density at radius 3 is 1.88 bits per heavy atom. The minimum Gasteiger partial charge on any atom is -0.479 e. The highest BCUT2D eigenvalue weighted by Crippen LogP contribution is 2.27. The lowest BCUT2D eigenvalue weighted by Gasteiger charge is -2.21. The second-order valence-corrected chi connectivity index (χ2v) is 5.93. The standard InChI is InChI=1S/C19H21NO4/c1-19(24,18(22)23)13-20-17(21)12-16(14-8-4-2-5-9-14)15-10-6-3-7-11-15/h2-11,16,24H,12-13H2,1H3,(H,20,21)(H,22,23). The third-order valence-corrected chi connectivity index (χ3v) is 3.88. The van der Waals surface area contributed by atoms with E-state index in [4.69, 9.17) is 5.11 Å². The van der Waals surface area contributed by atoms with Gasteiger partial charge in [-0.1, -0.05) is 60.7 Å². The van der Waals surface area contributed by atoms with Gasteiger partial charge in [0.25, 0.3) is 0 Å². The maximum Gasteiger partial charge on any atom is 0.337 e. The molecule has 3 N–H and O–H groups in total. The van der Waals surface area contributed by atoms with Gasteiger partial charge in [0.05, 0.1) is 6.54 Å². The quantitative estimate of drug-likeness (QED) is 0.727. The van der Waals surface area contributed by atoms with Crippen LogP contribution in [0.1, 0.15) is 30.4 Å². The summed E-state index contributed by atoms with van der Waals surface area (Å²) < 4.78 is 0. The van der Waals surface area contributed by atoms with E-state index in [0.29, 0.717) is 0 Å². The molecule has 2 aromatic carbocycles. The predicted molar refractivity (Wildman–Crippen MR) is 90.6 cm³/mol. The Balaban J connectivity index is 2.12. The Morgan fingerprint density at radius 2 is 1.46 bits per heavy atom. The molecular formula is C19H21NO4. The van der Waals surface area contributed by atoms with Crippen molar-refractivity contribution in [3.05, 3.63) is 71.8 Å². The second-order valence-electron chi connectivity index (χ2n) is 5.93. The summed E-state index contributed by atoms with van der Waals surface area (Å²) in [6, 6.07) is 19.3. The van der Waals surface area contributed by atoms with Crippen LogP contribution < -0.4 is 5.32 Å². The van der Waals surface area contributed by atoms with Gasteiger partial charge in [0, 0.05) is 12.3 Å². The molecule has 2 aromatic rings. The summed E-state index contributed by atoms with van der Waals surface area (Å²) in [5.74, 6) is -1.82. The number of benzene rings is 2. The molecule has 1 atom stereocenters. The highest BCUT2D eigenvalue weighted by atomic mass is 16.4. The van der Waals surface area contributed by atoms with E-state index in [0.717, 1.165) is 18.1 Å². The molecule has 0 saturated heterocycles. The van der Waals surface area contributed by atoms with E-state index in [1.807, 2.05) is 60.7 Å². The van der Waals surface area contributed by atoms with Crippen LogP contribution in [0.5, 0.6) is 0 Å². The van der Waals surface area contributed by atoms with E-state index in [1.54, 1.807) is 0 Å². The van der Waals surface area contributed by atoms with Gasteiger partial charge in [-0.3, -0.25) is 4.79 Å². The number of carboxylic acids is 1. The van der Waals surface area contributed by atoms with Gasteiger partial charge in [-0.2, -0.15) is 0 Å². The van der Waals surface area contributed by atoms with Crippen molar-refractivity contribution in [3.63, 3.8) is 0 Å². The first-order chi connectivity index (χ1) is 11.4. The van der Waals surface area contributed by atoms with Crippen LogP contribution in [-0.2, 0) is 9.59 Å². The molecule has 2 rings (SSSR count). The van der Waals surface area contributed by atoms with Crippen molar-refractivity contribution in [3.8, 4) is 0 Å². The number of amides is 1. The van der Waals surface area contributed by atoms with Crippen LogP contribution in [0.2, 0.25) is 0 Å². The van der Waals surface area contributed by atoms with Crippen molar-refractivity contribution in [2.45, 2.75) is 24.9 Å². The maximum atomic E-state index is 12.3. The Kier molecular flexibility index (Phi) is 5.71. The van der Waals surface area contributed by atoms with Gasteiger partial charge in [-0.15, -0.1) is 0 Å². The Labute approximate surface area is 141 Å². The van der Waals surface area contributed by atoms with E-state index < -0.39 is 11.6 Å². The third kappa shape index (κ3) is 4.67. The average molecular weight is 327 g/mol. The van der Waals surface area contributed by atoms with Gasteiger partial charge in [-0.05, 0) is 18.1 Å². The molecule has 0 saturated carbocycles. The number of rotatable bonds is 7. The molecule has 1 unspecified atom stereocenters. The van der Waals surface area contributed by atoms with Crippen molar-refractivity contribution in [2.24, 2.45) is 0 Å². The van der Waals surface area contributed by atoms with Crippen LogP contribution in [0.15, 0.2) is 60.7 Å².